The van der Waals surface area contributed by atoms with Crippen molar-refractivity contribution < 1.29 is 22.7 Å². The molecule has 2 aromatic rings. The van der Waals surface area contributed by atoms with Crippen molar-refractivity contribution in [3.8, 4) is 0 Å². The average Bonchev–Trinajstić information content (AvgIpc) is 3.53. The number of allylic oxidation sites excluding steroid dienone is 1. The van der Waals surface area contributed by atoms with Gasteiger partial charge in [-0.3, -0.25) is 14.5 Å². The van der Waals surface area contributed by atoms with Crippen LogP contribution in [-0.4, -0.2) is 48.3 Å². The molecule has 0 aromatic heterocycles. The molecule has 2 aromatic carbocycles. The largest absolute Gasteiger partial charge is 0.368 e. The van der Waals surface area contributed by atoms with E-state index in [1.54, 1.807) is 13.8 Å². The Labute approximate surface area is 187 Å². The van der Waals surface area contributed by atoms with Crippen LogP contribution in [0.1, 0.15) is 37.8 Å². The van der Waals surface area contributed by atoms with Crippen LogP contribution in [0.4, 0.5) is 0 Å². The Bertz CT molecular complexity index is 1210. The molecule has 0 N–H and O–H groups in total. The molecule has 32 heavy (non-hydrogen) atoms. The SMILES string of the molecule is CCC(=O)C1=C(C)C2(CC2(c2ccccc2)c2ccccc2)S(=O)(=O)C2C(OC)C(=O)N12. The first-order chi connectivity index (χ1) is 15.3. The van der Waals surface area contributed by atoms with E-state index in [1.165, 1.54) is 7.11 Å². The van der Waals surface area contributed by atoms with Crippen molar-refractivity contribution in [2.75, 3.05) is 7.11 Å². The average molecular weight is 452 g/mol. The zero-order valence-corrected chi connectivity index (χ0v) is 19.1. The van der Waals surface area contributed by atoms with Crippen molar-refractivity contribution in [1.82, 2.24) is 4.90 Å². The molecule has 5 rings (SSSR count). The minimum atomic E-state index is -3.94. The molecule has 0 radical (unpaired) electrons. The molecule has 6 nitrogen and oxygen atoms in total. The summed E-state index contributed by atoms with van der Waals surface area (Å²) >= 11 is 0. The number of β-lactam (4-membered cyclic amide) rings is 1. The number of fused-ring (bicyclic) bond motifs is 1. The number of amides is 1. The van der Waals surface area contributed by atoms with Gasteiger partial charge >= 0.3 is 0 Å². The zero-order valence-electron chi connectivity index (χ0n) is 18.2. The summed E-state index contributed by atoms with van der Waals surface area (Å²) in [7, 11) is -2.61. The molecule has 2 aliphatic heterocycles. The van der Waals surface area contributed by atoms with Gasteiger partial charge in [-0.15, -0.1) is 0 Å². The van der Waals surface area contributed by atoms with Crippen LogP contribution in [0.5, 0.6) is 0 Å². The standard InChI is InChI=1S/C25H25NO5S/c1-4-19(27)20-16(2)25(32(29,30)23-21(31-3)22(28)26(20)23)15-24(25,17-11-7-5-8-12-17)18-13-9-6-10-14-18/h5-14,21,23H,4,15H2,1-3H3. The summed E-state index contributed by atoms with van der Waals surface area (Å²) in [6.07, 6.45) is -0.604. The number of sulfone groups is 1. The number of hydrogen-bond donors (Lipinski definition) is 0. The maximum atomic E-state index is 14.3. The quantitative estimate of drug-likeness (QED) is 0.653. The number of hydrogen-bond acceptors (Lipinski definition) is 5. The van der Waals surface area contributed by atoms with Crippen LogP contribution in [0.25, 0.3) is 0 Å². The van der Waals surface area contributed by atoms with Gasteiger partial charge in [-0.1, -0.05) is 67.6 Å². The topological polar surface area (TPSA) is 80.7 Å². The van der Waals surface area contributed by atoms with E-state index in [0.29, 0.717) is 12.0 Å². The van der Waals surface area contributed by atoms with Crippen LogP contribution in [-0.2, 0) is 29.6 Å². The second kappa shape index (κ2) is 6.86. The van der Waals surface area contributed by atoms with Crippen molar-refractivity contribution in [3.63, 3.8) is 0 Å². The van der Waals surface area contributed by atoms with Gasteiger partial charge in [0.15, 0.2) is 27.1 Å². The molecule has 1 amide bonds. The van der Waals surface area contributed by atoms with Crippen molar-refractivity contribution in [2.45, 2.75) is 48.3 Å². The highest BCUT2D eigenvalue weighted by Crippen LogP contribution is 2.72. The minimum Gasteiger partial charge on any atom is -0.368 e. The monoisotopic (exact) mass is 451 g/mol. The molecule has 1 saturated heterocycles. The molecule has 2 fully saturated rings. The number of ketones is 1. The first-order valence-electron chi connectivity index (χ1n) is 10.7. The van der Waals surface area contributed by atoms with Crippen LogP contribution < -0.4 is 0 Å². The Morgan fingerprint density at radius 1 is 1.06 bits per heavy atom. The summed E-state index contributed by atoms with van der Waals surface area (Å²) < 4.78 is 32.5. The minimum absolute atomic E-state index is 0.181. The lowest BCUT2D eigenvalue weighted by Gasteiger charge is -2.52. The Morgan fingerprint density at radius 2 is 1.59 bits per heavy atom. The molecule has 3 unspecified atom stereocenters. The molecule has 3 atom stereocenters. The number of methoxy groups -OCH3 is 1. The molecule has 0 bridgehead atoms. The predicted molar refractivity (Wildman–Crippen MR) is 119 cm³/mol. The van der Waals surface area contributed by atoms with E-state index in [1.807, 2.05) is 60.7 Å². The lowest BCUT2D eigenvalue weighted by Crippen LogP contribution is -2.73. The van der Waals surface area contributed by atoms with E-state index in [0.717, 1.165) is 16.0 Å². The number of ether oxygens (including phenoxy) is 1. The van der Waals surface area contributed by atoms with E-state index in [9.17, 15) is 18.0 Å². The van der Waals surface area contributed by atoms with Gasteiger partial charge in [0.05, 0.1) is 5.70 Å². The van der Waals surface area contributed by atoms with Gasteiger partial charge in [-0.25, -0.2) is 8.42 Å². The van der Waals surface area contributed by atoms with Gasteiger partial charge in [0, 0.05) is 18.9 Å². The van der Waals surface area contributed by atoms with E-state index < -0.39 is 37.4 Å². The van der Waals surface area contributed by atoms with Crippen LogP contribution in [0, 0.1) is 0 Å². The normalized spacial score (nSPS) is 29.5. The third-order valence-corrected chi connectivity index (χ3v) is 10.3. The molecule has 3 aliphatic rings. The fourth-order valence-corrected chi connectivity index (χ4v) is 9.02. The molecule has 7 heteroatoms. The van der Waals surface area contributed by atoms with Crippen LogP contribution in [0.3, 0.4) is 0 Å². The molecular weight excluding hydrogens is 426 g/mol. The van der Waals surface area contributed by atoms with Gasteiger partial charge < -0.3 is 4.74 Å². The first kappa shape index (κ1) is 21.1. The van der Waals surface area contributed by atoms with E-state index in [-0.39, 0.29) is 17.9 Å². The summed E-state index contributed by atoms with van der Waals surface area (Å²) in [4.78, 5) is 27.0. The zero-order chi connectivity index (χ0) is 22.9. The van der Waals surface area contributed by atoms with E-state index >= 15 is 0 Å². The third kappa shape index (κ3) is 2.25. The van der Waals surface area contributed by atoms with Gasteiger partial charge in [0.1, 0.15) is 4.75 Å². The molecular formula is C25H25NO5S. The number of carbonyl (C=O) groups is 2. The summed E-state index contributed by atoms with van der Waals surface area (Å²) in [6, 6.07) is 19.2. The van der Waals surface area contributed by atoms with Crippen LogP contribution >= 0.6 is 0 Å². The third-order valence-electron chi connectivity index (χ3n) is 7.45. The van der Waals surface area contributed by atoms with Crippen LogP contribution in [0.15, 0.2) is 71.9 Å². The predicted octanol–water partition coefficient (Wildman–Crippen LogP) is 2.98. The highest BCUT2D eigenvalue weighted by molar-refractivity contribution is 7.94. The second-order valence-corrected chi connectivity index (χ2v) is 11.0. The van der Waals surface area contributed by atoms with Crippen molar-refractivity contribution in [2.24, 2.45) is 0 Å². The van der Waals surface area contributed by atoms with Crippen LogP contribution in [0.2, 0.25) is 0 Å². The summed E-state index contributed by atoms with van der Waals surface area (Å²) in [5.74, 6) is -0.704. The number of Topliss-reactive ketones (excluding diaryl/α,β-unsaturated/α-hetero) is 1. The smallest absolute Gasteiger partial charge is 0.260 e. The fourth-order valence-electron chi connectivity index (χ4n) is 5.90. The molecule has 2 heterocycles. The number of benzene rings is 2. The van der Waals surface area contributed by atoms with Gasteiger partial charge in [0.25, 0.3) is 5.91 Å². The number of rotatable bonds is 5. The lowest BCUT2D eigenvalue weighted by molar-refractivity contribution is -0.160. The Kier molecular flexibility index (Phi) is 4.52. The summed E-state index contributed by atoms with van der Waals surface area (Å²) in [5.41, 5.74) is 1.59. The molecule has 1 saturated carbocycles. The van der Waals surface area contributed by atoms with Gasteiger partial charge in [-0.05, 0) is 30.0 Å². The first-order valence-corrected chi connectivity index (χ1v) is 12.3. The fraction of sp³-hybridized carbons (Fsp3) is 0.360. The lowest BCUT2D eigenvalue weighted by atomic mass is 9.83. The highest BCUT2D eigenvalue weighted by atomic mass is 32.2. The van der Waals surface area contributed by atoms with Crippen molar-refractivity contribution >= 4 is 21.5 Å². The van der Waals surface area contributed by atoms with E-state index in [2.05, 4.69) is 0 Å². The maximum Gasteiger partial charge on any atom is 0.260 e. The van der Waals surface area contributed by atoms with Gasteiger partial charge in [-0.2, -0.15) is 0 Å². The maximum absolute atomic E-state index is 14.3. The molecule has 166 valence electrons. The van der Waals surface area contributed by atoms with Gasteiger partial charge in [0.2, 0.25) is 0 Å². The summed E-state index contributed by atoms with van der Waals surface area (Å²) in [6.45, 7) is 3.43. The summed E-state index contributed by atoms with van der Waals surface area (Å²) in [5, 5.41) is -1.19. The Balaban J connectivity index is 1.85. The second-order valence-electron chi connectivity index (χ2n) is 8.69. The molecule has 1 aliphatic carbocycles. The Hall–Kier alpha value is -2.77. The highest BCUT2D eigenvalue weighted by Gasteiger charge is 2.82. The van der Waals surface area contributed by atoms with E-state index in [4.69, 9.17) is 4.74 Å². The van der Waals surface area contributed by atoms with Crippen molar-refractivity contribution in [1.29, 1.82) is 0 Å². The number of nitrogens with zero attached hydrogens (tertiary/aromatic N) is 1. The van der Waals surface area contributed by atoms with Crippen molar-refractivity contribution in [3.05, 3.63) is 83.1 Å². The Morgan fingerprint density at radius 3 is 2.06 bits per heavy atom. The molecule has 1 spiro atoms. The number of carbonyl (C=O) groups excluding carboxylic acids is 2.